The Hall–Kier alpha value is -1.04. The molecule has 1 aromatic heterocycles. The van der Waals surface area contributed by atoms with Gasteiger partial charge in [0.05, 0.1) is 11.1 Å². The third-order valence-corrected chi connectivity index (χ3v) is 4.29. The summed E-state index contributed by atoms with van der Waals surface area (Å²) in [6.07, 6.45) is 4.60. The van der Waals surface area contributed by atoms with Gasteiger partial charge in [0.15, 0.2) is 0 Å². The van der Waals surface area contributed by atoms with E-state index in [-0.39, 0.29) is 18.1 Å². The number of hydrogen-bond donors (Lipinski definition) is 1. The number of methoxy groups -OCH3 is 1. The monoisotopic (exact) mass is 313 g/mol. The molecule has 2 N–H and O–H groups in total. The first-order valence-corrected chi connectivity index (χ1v) is 7.88. The normalized spacial score (nSPS) is 22.6. The van der Waals surface area contributed by atoms with Crippen LogP contribution in [-0.2, 0) is 11.3 Å². The molecule has 1 saturated heterocycles. The number of rotatable bonds is 5. The van der Waals surface area contributed by atoms with E-state index in [0.29, 0.717) is 23.8 Å². The van der Waals surface area contributed by atoms with Crippen molar-refractivity contribution >= 4 is 17.5 Å². The summed E-state index contributed by atoms with van der Waals surface area (Å²) in [5.41, 5.74) is 6.50. The number of hydrogen-bond acceptors (Lipinski definition) is 3. The second kappa shape index (κ2) is 7.29. The number of aryl methyl sites for hydroxylation is 1. The molecule has 1 aliphatic rings. The van der Waals surface area contributed by atoms with Gasteiger partial charge in [-0.25, -0.2) is 0 Å². The van der Waals surface area contributed by atoms with Gasteiger partial charge in [-0.3, -0.25) is 4.79 Å². The molecule has 5 nitrogen and oxygen atoms in total. The number of nitrogens with zero attached hydrogens (tertiary/aromatic N) is 2. The second-order valence-electron chi connectivity index (χ2n) is 5.51. The Morgan fingerprint density at radius 1 is 1.57 bits per heavy atom. The van der Waals surface area contributed by atoms with Crippen molar-refractivity contribution in [2.24, 2.45) is 5.73 Å². The zero-order valence-electron chi connectivity index (χ0n) is 12.7. The van der Waals surface area contributed by atoms with Crippen LogP contribution >= 0.6 is 11.6 Å². The molecule has 0 bridgehead atoms. The maximum Gasteiger partial charge on any atom is 0.270 e. The smallest absolute Gasteiger partial charge is 0.270 e. The highest BCUT2D eigenvalue weighted by Crippen LogP contribution is 2.23. The first-order valence-electron chi connectivity index (χ1n) is 7.50. The minimum Gasteiger partial charge on any atom is -0.381 e. The Balaban J connectivity index is 2.18. The summed E-state index contributed by atoms with van der Waals surface area (Å²) in [6, 6.07) is 1.77. The maximum atomic E-state index is 12.8. The molecule has 1 aromatic rings. The van der Waals surface area contributed by atoms with E-state index in [0.717, 1.165) is 25.8 Å². The average Bonchev–Trinajstić information content (AvgIpc) is 2.87. The van der Waals surface area contributed by atoms with Crippen molar-refractivity contribution in [3.63, 3.8) is 0 Å². The SMILES string of the molecule is CCCn1cc(Cl)cc1C(=O)N1CCC(OC)CC1CN. The molecule has 0 aromatic carbocycles. The molecule has 2 atom stereocenters. The van der Waals surface area contributed by atoms with Gasteiger partial charge in [0.25, 0.3) is 5.91 Å². The van der Waals surface area contributed by atoms with Gasteiger partial charge in [0, 0.05) is 39.0 Å². The van der Waals surface area contributed by atoms with E-state index < -0.39 is 0 Å². The van der Waals surface area contributed by atoms with Crippen molar-refractivity contribution in [1.82, 2.24) is 9.47 Å². The van der Waals surface area contributed by atoms with Crippen LogP contribution in [0.3, 0.4) is 0 Å². The van der Waals surface area contributed by atoms with E-state index in [1.165, 1.54) is 0 Å². The number of carbonyl (C=O) groups excluding carboxylic acids is 1. The van der Waals surface area contributed by atoms with Crippen molar-refractivity contribution in [2.75, 3.05) is 20.2 Å². The topological polar surface area (TPSA) is 60.5 Å². The number of likely N-dealkylation sites (tertiary alicyclic amines) is 1. The summed E-state index contributed by atoms with van der Waals surface area (Å²) in [5, 5.41) is 0.600. The molecule has 2 rings (SSSR count). The summed E-state index contributed by atoms with van der Waals surface area (Å²) >= 11 is 6.06. The first-order chi connectivity index (χ1) is 10.1. The van der Waals surface area contributed by atoms with Crippen LogP contribution in [0.15, 0.2) is 12.3 Å². The molecule has 1 fully saturated rings. The summed E-state index contributed by atoms with van der Waals surface area (Å²) in [4.78, 5) is 14.7. The number of ether oxygens (including phenoxy) is 1. The van der Waals surface area contributed by atoms with Crippen LogP contribution in [0.1, 0.15) is 36.7 Å². The van der Waals surface area contributed by atoms with E-state index in [9.17, 15) is 4.79 Å². The molecule has 0 radical (unpaired) electrons. The Kier molecular flexibility index (Phi) is 5.67. The summed E-state index contributed by atoms with van der Waals surface area (Å²) in [5.74, 6) is 0.0142. The lowest BCUT2D eigenvalue weighted by Crippen LogP contribution is -2.51. The highest BCUT2D eigenvalue weighted by atomic mass is 35.5. The van der Waals surface area contributed by atoms with E-state index in [1.807, 2.05) is 15.7 Å². The van der Waals surface area contributed by atoms with Crippen molar-refractivity contribution in [2.45, 2.75) is 44.9 Å². The lowest BCUT2D eigenvalue weighted by atomic mass is 9.99. The molecule has 2 unspecified atom stereocenters. The lowest BCUT2D eigenvalue weighted by Gasteiger charge is -2.38. The standard InChI is InChI=1S/C15H24ClN3O2/c1-3-5-18-10-11(16)7-14(18)15(20)19-6-4-13(21-2)8-12(19)9-17/h7,10,12-13H,3-6,8-9,17H2,1-2H3. The number of halogens is 1. The highest BCUT2D eigenvalue weighted by molar-refractivity contribution is 6.31. The average molecular weight is 314 g/mol. The molecular formula is C15H24ClN3O2. The summed E-state index contributed by atoms with van der Waals surface area (Å²) < 4.78 is 7.33. The highest BCUT2D eigenvalue weighted by Gasteiger charge is 2.32. The number of amides is 1. The molecule has 0 aliphatic carbocycles. The van der Waals surface area contributed by atoms with Crippen molar-refractivity contribution in [3.8, 4) is 0 Å². The fourth-order valence-electron chi connectivity index (χ4n) is 2.95. The van der Waals surface area contributed by atoms with Crippen molar-refractivity contribution in [1.29, 1.82) is 0 Å². The van der Waals surface area contributed by atoms with E-state index in [1.54, 1.807) is 13.2 Å². The van der Waals surface area contributed by atoms with E-state index in [2.05, 4.69) is 6.92 Å². The zero-order chi connectivity index (χ0) is 15.4. The van der Waals surface area contributed by atoms with Gasteiger partial charge in [-0.2, -0.15) is 0 Å². The van der Waals surface area contributed by atoms with Crippen LogP contribution in [-0.4, -0.2) is 47.7 Å². The molecule has 0 saturated carbocycles. The van der Waals surface area contributed by atoms with Gasteiger partial charge in [0.1, 0.15) is 5.69 Å². The number of aromatic nitrogens is 1. The van der Waals surface area contributed by atoms with Crippen LogP contribution in [0.4, 0.5) is 0 Å². The lowest BCUT2D eigenvalue weighted by molar-refractivity contribution is 0.0134. The van der Waals surface area contributed by atoms with Crippen molar-refractivity contribution < 1.29 is 9.53 Å². The fraction of sp³-hybridized carbons (Fsp3) is 0.667. The Morgan fingerprint density at radius 2 is 2.33 bits per heavy atom. The zero-order valence-corrected chi connectivity index (χ0v) is 13.5. The summed E-state index contributed by atoms with van der Waals surface area (Å²) in [6.45, 7) is 3.99. The van der Waals surface area contributed by atoms with Gasteiger partial charge in [0.2, 0.25) is 0 Å². The van der Waals surface area contributed by atoms with Crippen LogP contribution in [0, 0.1) is 0 Å². The molecular weight excluding hydrogens is 290 g/mol. The van der Waals surface area contributed by atoms with Crippen molar-refractivity contribution in [3.05, 3.63) is 23.0 Å². The first kappa shape index (κ1) is 16.3. The van der Waals surface area contributed by atoms with Gasteiger partial charge >= 0.3 is 0 Å². The maximum absolute atomic E-state index is 12.8. The Bertz CT molecular complexity index is 489. The predicted molar refractivity (Wildman–Crippen MR) is 83.6 cm³/mol. The Labute approximate surface area is 131 Å². The van der Waals surface area contributed by atoms with Crippen LogP contribution < -0.4 is 5.73 Å². The summed E-state index contributed by atoms with van der Waals surface area (Å²) in [7, 11) is 1.71. The Morgan fingerprint density at radius 3 is 2.95 bits per heavy atom. The number of nitrogens with two attached hydrogens (primary N) is 1. The third-order valence-electron chi connectivity index (χ3n) is 4.08. The molecule has 1 amide bonds. The van der Waals surface area contributed by atoms with E-state index >= 15 is 0 Å². The quantitative estimate of drug-likeness (QED) is 0.906. The largest absolute Gasteiger partial charge is 0.381 e. The molecule has 1 aliphatic heterocycles. The molecule has 118 valence electrons. The molecule has 0 spiro atoms. The van der Waals surface area contributed by atoms with Crippen LogP contribution in [0.2, 0.25) is 5.02 Å². The predicted octanol–water partition coefficient (Wildman–Crippen LogP) is 2.13. The molecule has 21 heavy (non-hydrogen) atoms. The third kappa shape index (κ3) is 3.59. The molecule has 6 heteroatoms. The van der Waals surface area contributed by atoms with Crippen LogP contribution in [0.25, 0.3) is 0 Å². The number of carbonyl (C=O) groups is 1. The van der Waals surface area contributed by atoms with Gasteiger partial charge in [-0.05, 0) is 25.3 Å². The number of piperidine rings is 1. The van der Waals surface area contributed by atoms with Gasteiger partial charge < -0.3 is 19.9 Å². The van der Waals surface area contributed by atoms with Gasteiger partial charge in [-0.15, -0.1) is 0 Å². The van der Waals surface area contributed by atoms with Gasteiger partial charge in [-0.1, -0.05) is 18.5 Å². The minimum absolute atomic E-state index is 0.0142. The minimum atomic E-state index is 0.0142. The van der Waals surface area contributed by atoms with Crippen LogP contribution in [0.5, 0.6) is 0 Å². The second-order valence-corrected chi connectivity index (χ2v) is 5.94. The fourth-order valence-corrected chi connectivity index (χ4v) is 3.17. The molecule has 2 heterocycles. The van der Waals surface area contributed by atoms with E-state index in [4.69, 9.17) is 22.1 Å².